The maximum absolute atomic E-state index is 12.1. The van der Waals surface area contributed by atoms with Gasteiger partial charge in [0.1, 0.15) is 0 Å². The molecule has 0 radical (unpaired) electrons. The van der Waals surface area contributed by atoms with Crippen LogP contribution in [0.25, 0.3) is 0 Å². The highest BCUT2D eigenvalue weighted by Gasteiger charge is 2.28. The van der Waals surface area contributed by atoms with E-state index in [1.807, 2.05) is 4.90 Å². The zero-order chi connectivity index (χ0) is 14.0. The number of aryl methyl sites for hydroxylation is 1. The fraction of sp³-hybridized carbons (Fsp3) is 0.750. The molecule has 0 bridgehead atoms. The monoisotopic (exact) mass is 268 g/mol. The summed E-state index contributed by atoms with van der Waals surface area (Å²) in [6.45, 7) is 0.930. The average molecular weight is 268 g/mol. The number of aliphatic hydroxyl groups excluding tert-OH is 1. The van der Waals surface area contributed by atoms with Crippen molar-refractivity contribution in [1.82, 2.24) is 14.3 Å². The molecule has 0 amide bonds. The molecule has 1 atom stereocenters. The lowest BCUT2D eigenvalue weighted by atomic mass is 10.1. The highest BCUT2D eigenvalue weighted by Crippen LogP contribution is 2.23. The quantitative estimate of drug-likeness (QED) is 0.775. The van der Waals surface area contributed by atoms with Crippen LogP contribution in [0.5, 0.6) is 0 Å². The highest BCUT2D eigenvalue weighted by molar-refractivity contribution is 5.37. The molecule has 1 unspecified atom stereocenters. The molecule has 1 saturated heterocycles. The lowest BCUT2D eigenvalue weighted by Gasteiger charge is -2.25. The minimum atomic E-state index is -0.417. The summed E-state index contributed by atoms with van der Waals surface area (Å²) >= 11 is 0. The Kier molecular flexibility index (Phi) is 4.04. The molecule has 1 fully saturated rings. The molecule has 0 spiro atoms. The number of hydrogen-bond acceptors (Lipinski definition) is 5. The van der Waals surface area contributed by atoms with Crippen molar-refractivity contribution in [2.45, 2.75) is 31.7 Å². The molecule has 1 aliphatic heterocycles. The Morgan fingerprint density at radius 1 is 1.37 bits per heavy atom. The third-order valence-corrected chi connectivity index (χ3v) is 3.65. The van der Waals surface area contributed by atoms with Crippen LogP contribution >= 0.6 is 0 Å². The fourth-order valence-corrected chi connectivity index (χ4v) is 2.60. The molecule has 0 aliphatic carbocycles. The van der Waals surface area contributed by atoms with Gasteiger partial charge in [-0.3, -0.25) is 9.36 Å². The summed E-state index contributed by atoms with van der Waals surface area (Å²) in [5.74, 6) is 0.338. The van der Waals surface area contributed by atoms with Crippen molar-refractivity contribution in [1.29, 1.82) is 0 Å². The molecule has 7 nitrogen and oxygen atoms in total. The molecular weight excluding hydrogens is 248 g/mol. The summed E-state index contributed by atoms with van der Waals surface area (Å²) in [5.41, 5.74) is -0.765. The van der Waals surface area contributed by atoms with E-state index in [-0.39, 0.29) is 18.2 Å². The lowest BCUT2D eigenvalue weighted by Crippen LogP contribution is -2.44. The second-order valence-electron chi connectivity index (χ2n) is 4.95. The molecule has 1 aromatic heterocycles. The van der Waals surface area contributed by atoms with Gasteiger partial charge in [-0.05, 0) is 25.7 Å². The van der Waals surface area contributed by atoms with Gasteiger partial charge in [0.15, 0.2) is 0 Å². The number of rotatable bonds is 4. The zero-order valence-electron chi connectivity index (χ0n) is 11.4. The Morgan fingerprint density at radius 3 is 2.79 bits per heavy atom. The number of hydrogen-bond donors (Lipinski definition) is 1. The molecule has 2 heterocycles. The van der Waals surface area contributed by atoms with Crippen LogP contribution in [0.4, 0.5) is 5.82 Å². The highest BCUT2D eigenvalue weighted by atomic mass is 16.3. The van der Waals surface area contributed by atoms with Crippen LogP contribution in [0.15, 0.2) is 9.59 Å². The van der Waals surface area contributed by atoms with E-state index >= 15 is 0 Å². The van der Waals surface area contributed by atoms with Gasteiger partial charge in [-0.1, -0.05) is 0 Å². The molecule has 0 saturated carbocycles. The summed E-state index contributed by atoms with van der Waals surface area (Å²) in [6.07, 6.45) is 3.55. The van der Waals surface area contributed by atoms with Crippen LogP contribution in [0.2, 0.25) is 0 Å². The van der Waals surface area contributed by atoms with Crippen molar-refractivity contribution in [3.8, 4) is 0 Å². The van der Waals surface area contributed by atoms with Gasteiger partial charge < -0.3 is 10.0 Å². The minimum absolute atomic E-state index is 0.156. The van der Waals surface area contributed by atoms with Gasteiger partial charge in [0.2, 0.25) is 5.82 Å². The smallest absolute Gasteiger partial charge is 0.346 e. The third-order valence-electron chi connectivity index (χ3n) is 3.65. The third kappa shape index (κ3) is 2.56. The first-order valence-corrected chi connectivity index (χ1v) is 6.58. The Bertz CT molecular complexity index is 563. The molecule has 1 aliphatic rings. The Morgan fingerprint density at radius 2 is 2.11 bits per heavy atom. The summed E-state index contributed by atoms with van der Waals surface area (Å²) in [4.78, 5) is 25.7. The molecule has 2 rings (SSSR count). The van der Waals surface area contributed by atoms with E-state index in [0.29, 0.717) is 12.2 Å². The van der Waals surface area contributed by atoms with Crippen LogP contribution in [-0.4, -0.2) is 38.6 Å². The average Bonchev–Trinajstić information content (AvgIpc) is 2.86. The summed E-state index contributed by atoms with van der Waals surface area (Å²) in [7, 11) is 3.01. The summed E-state index contributed by atoms with van der Waals surface area (Å²) in [5, 5.41) is 13.0. The predicted octanol–water partition coefficient (Wildman–Crippen LogP) is -0.780. The first-order chi connectivity index (χ1) is 9.06. The predicted molar refractivity (Wildman–Crippen MR) is 71.4 cm³/mol. The van der Waals surface area contributed by atoms with Crippen LogP contribution < -0.4 is 16.1 Å². The van der Waals surface area contributed by atoms with Crippen molar-refractivity contribution >= 4 is 5.82 Å². The van der Waals surface area contributed by atoms with Crippen molar-refractivity contribution < 1.29 is 5.11 Å². The standard InChI is InChI=1S/C12H20N4O3/c1-14-11(18)10(13-15(2)12(14)19)16-7-3-5-9(16)6-4-8-17/h9,17H,3-8H2,1-2H3. The van der Waals surface area contributed by atoms with Crippen LogP contribution in [-0.2, 0) is 14.1 Å². The van der Waals surface area contributed by atoms with Gasteiger partial charge in [-0.15, -0.1) is 5.10 Å². The van der Waals surface area contributed by atoms with Crippen molar-refractivity contribution in [2.75, 3.05) is 18.1 Å². The molecule has 1 aromatic rings. The van der Waals surface area contributed by atoms with Gasteiger partial charge in [0.25, 0.3) is 5.56 Å². The van der Waals surface area contributed by atoms with Gasteiger partial charge in [0.05, 0.1) is 0 Å². The van der Waals surface area contributed by atoms with E-state index < -0.39 is 5.69 Å². The maximum Gasteiger partial charge on any atom is 0.346 e. The SMILES string of the molecule is Cn1nc(N2CCCC2CCCO)c(=O)n(C)c1=O. The van der Waals surface area contributed by atoms with Gasteiger partial charge >= 0.3 is 5.69 Å². The van der Waals surface area contributed by atoms with E-state index in [2.05, 4.69) is 5.10 Å². The summed E-state index contributed by atoms with van der Waals surface area (Å²) in [6, 6.07) is 0.227. The number of anilines is 1. The molecular formula is C12H20N4O3. The van der Waals surface area contributed by atoms with E-state index in [4.69, 9.17) is 5.11 Å². The molecule has 1 N–H and O–H groups in total. The van der Waals surface area contributed by atoms with E-state index in [0.717, 1.165) is 30.4 Å². The van der Waals surface area contributed by atoms with E-state index in [1.54, 1.807) is 7.05 Å². The molecule has 0 aromatic carbocycles. The number of aromatic nitrogens is 3. The van der Waals surface area contributed by atoms with E-state index in [1.165, 1.54) is 11.7 Å². The van der Waals surface area contributed by atoms with Crippen LogP contribution in [0, 0.1) is 0 Å². The Balaban J connectivity index is 2.36. The lowest BCUT2D eigenvalue weighted by molar-refractivity contribution is 0.279. The van der Waals surface area contributed by atoms with E-state index in [9.17, 15) is 9.59 Å². The number of nitrogens with zero attached hydrogens (tertiary/aromatic N) is 4. The maximum atomic E-state index is 12.1. The van der Waals surface area contributed by atoms with Crippen LogP contribution in [0.3, 0.4) is 0 Å². The van der Waals surface area contributed by atoms with Crippen LogP contribution in [0.1, 0.15) is 25.7 Å². The first kappa shape index (κ1) is 13.8. The van der Waals surface area contributed by atoms with Crippen molar-refractivity contribution in [2.24, 2.45) is 14.1 Å². The minimum Gasteiger partial charge on any atom is -0.396 e. The second kappa shape index (κ2) is 5.56. The fourth-order valence-electron chi connectivity index (χ4n) is 2.60. The van der Waals surface area contributed by atoms with Gasteiger partial charge in [-0.2, -0.15) is 0 Å². The first-order valence-electron chi connectivity index (χ1n) is 6.58. The summed E-state index contributed by atoms with van der Waals surface area (Å²) < 4.78 is 2.28. The Labute approximate surface area is 111 Å². The molecule has 7 heteroatoms. The second-order valence-corrected chi connectivity index (χ2v) is 4.95. The molecule has 19 heavy (non-hydrogen) atoms. The Hall–Kier alpha value is -1.63. The molecule has 106 valence electrons. The number of aliphatic hydroxyl groups is 1. The topological polar surface area (TPSA) is 80.4 Å². The van der Waals surface area contributed by atoms with Crippen molar-refractivity contribution in [3.05, 3.63) is 20.8 Å². The zero-order valence-corrected chi connectivity index (χ0v) is 11.4. The largest absolute Gasteiger partial charge is 0.396 e. The van der Waals surface area contributed by atoms with Crippen molar-refractivity contribution in [3.63, 3.8) is 0 Å². The normalized spacial score (nSPS) is 19.1. The van der Waals surface area contributed by atoms with Gasteiger partial charge in [0, 0.05) is 33.3 Å². The van der Waals surface area contributed by atoms with Gasteiger partial charge in [-0.25, -0.2) is 9.48 Å².